The molecule has 0 spiro atoms. The lowest BCUT2D eigenvalue weighted by Gasteiger charge is -1.95. The van der Waals surface area contributed by atoms with Gasteiger partial charge in [0.1, 0.15) is 0 Å². The van der Waals surface area contributed by atoms with Crippen LogP contribution in [-0.2, 0) is 6.42 Å². The molecule has 66 valence electrons. The summed E-state index contributed by atoms with van der Waals surface area (Å²) >= 11 is 4.89. The van der Waals surface area contributed by atoms with Gasteiger partial charge in [-0.25, -0.2) is 0 Å². The smallest absolute Gasteiger partial charge is 0.0908 e. The van der Waals surface area contributed by atoms with Crippen LogP contribution in [-0.4, -0.2) is 4.37 Å². The molecule has 2 rings (SSSR count). The lowest BCUT2D eigenvalue weighted by molar-refractivity contribution is 1.13. The third kappa shape index (κ3) is 2.39. The normalized spacial score (nSPS) is 10.2. The Morgan fingerprint density at radius 1 is 1.23 bits per heavy atom. The van der Waals surface area contributed by atoms with E-state index in [1.807, 2.05) is 6.07 Å². The molecular formula is C10H8BrNS. The predicted octanol–water partition coefficient (Wildman–Crippen LogP) is 3.50. The number of benzene rings is 1. The Balaban J connectivity index is 2.15. The van der Waals surface area contributed by atoms with Gasteiger partial charge in [-0.15, -0.1) is 0 Å². The van der Waals surface area contributed by atoms with Gasteiger partial charge in [0, 0.05) is 6.42 Å². The molecule has 1 nitrogen and oxygen atoms in total. The Kier molecular flexibility index (Phi) is 2.76. The molecule has 0 aliphatic heterocycles. The van der Waals surface area contributed by atoms with Crippen LogP contribution in [0.5, 0.6) is 0 Å². The van der Waals surface area contributed by atoms with Crippen LogP contribution in [0.4, 0.5) is 0 Å². The van der Waals surface area contributed by atoms with E-state index in [4.69, 9.17) is 0 Å². The molecule has 1 aromatic heterocycles. The molecule has 0 radical (unpaired) electrons. The molecule has 0 saturated heterocycles. The second-order valence-electron chi connectivity index (χ2n) is 2.78. The third-order valence-corrected chi connectivity index (χ3v) is 3.04. The van der Waals surface area contributed by atoms with E-state index >= 15 is 0 Å². The van der Waals surface area contributed by atoms with Gasteiger partial charge in [0.25, 0.3) is 0 Å². The molecule has 0 N–H and O–H groups in total. The van der Waals surface area contributed by atoms with Crippen molar-refractivity contribution in [3.8, 4) is 0 Å². The second kappa shape index (κ2) is 4.03. The Bertz CT molecular complexity index is 383. The minimum atomic E-state index is 0.920. The summed E-state index contributed by atoms with van der Waals surface area (Å²) < 4.78 is 5.40. The highest BCUT2D eigenvalue weighted by Gasteiger charge is 1.99. The van der Waals surface area contributed by atoms with Crippen LogP contribution in [0.3, 0.4) is 0 Å². The van der Waals surface area contributed by atoms with Gasteiger partial charge >= 0.3 is 0 Å². The van der Waals surface area contributed by atoms with Crippen molar-refractivity contribution in [2.24, 2.45) is 0 Å². The number of aromatic nitrogens is 1. The van der Waals surface area contributed by atoms with E-state index in [1.165, 1.54) is 17.1 Å². The summed E-state index contributed by atoms with van der Waals surface area (Å²) in [6.07, 6.45) is 0.920. The van der Waals surface area contributed by atoms with Crippen molar-refractivity contribution in [2.75, 3.05) is 0 Å². The maximum Gasteiger partial charge on any atom is 0.0908 e. The highest BCUT2D eigenvalue weighted by Crippen LogP contribution is 2.18. The van der Waals surface area contributed by atoms with Gasteiger partial charge in [-0.05, 0) is 39.1 Å². The zero-order valence-electron chi connectivity index (χ0n) is 6.90. The molecule has 0 aliphatic carbocycles. The van der Waals surface area contributed by atoms with Gasteiger partial charge < -0.3 is 0 Å². The molecule has 0 bridgehead atoms. The molecule has 0 amide bonds. The van der Waals surface area contributed by atoms with E-state index in [0.717, 1.165) is 15.9 Å². The summed E-state index contributed by atoms with van der Waals surface area (Å²) in [6.45, 7) is 0. The molecule has 1 aromatic carbocycles. The highest BCUT2D eigenvalue weighted by molar-refractivity contribution is 9.11. The van der Waals surface area contributed by atoms with Gasteiger partial charge in [-0.3, -0.25) is 0 Å². The minimum absolute atomic E-state index is 0.920. The van der Waals surface area contributed by atoms with E-state index in [-0.39, 0.29) is 0 Å². The van der Waals surface area contributed by atoms with Crippen LogP contribution in [0.1, 0.15) is 11.3 Å². The fourth-order valence-corrected chi connectivity index (χ4v) is 2.17. The molecule has 3 heteroatoms. The summed E-state index contributed by atoms with van der Waals surface area (Å²) in [5.41, 5.74) is 2.43. The van der Waals surface area contributed by atoms with E-state index < -0.39 is 0 Å². The summed E-state index contributed by atoms with van der Waals surface area (Å²) in [4.78, 5) is 0. The number of halogens is 1. The zero-order chi connectivity index (χ0) is 9.10. The Hall–Kier alpha value is -0.670. The third-order valence-electron chi connectivity index (χ3n) is 1.76. The molecular weight excluding hydrogens is 246 g/mol. The maximum atomic E-state index is 4.31. The molecule has 0 saturated carbocycles. The quantitative estimate of drug-likeness (QED) is 0.799. The van der Waals surface area contributed by atoms with Crippen molar-refractivity contribution in [1.82, 2.24) is 4.37 Å². The van der Waals surface area contributed by atoms with Gasteiger partial charge in [0.2, 0.25) is 0 Å². The SMILES string of the molecule is Brc1cc(Cc2ccccc2)ns1. The first-order valence-electron chi connectivity index (χ1n) is 3.99. The molecule has 0 atom stereocenters. The standard InChI is InChI=1S/C10H8BrNS/c11-10-7-9(12-13-10)6-8-4-2-1-3-5-8/h1-5,7H,6H2. The average molecular weight is 254 g/mol. The largest absolute Gasteiger partial charge is 0.196 e. The van der Waals surface area contributed by atoms with Gasteiger partial charge in [-0.1, -0.05) is 30.3 Å². The zero-order valence-corrected chi connectivity index (χ0v) is 9.31. The van der Waals surface area contributed by atoms with E-state index in [9.17, 15) is 0 Å². The van der Waals surface area contributed by atoms with Gasteiger partial charge in [0.05, 0.1) is 9.48 Å². The fraction of sp³-hybridized carbons (Fsp3) is 0.100. The maximum absolute atomic E-state index is 4.31. The Labute approximate surface area is 89.7 Å². The molecule has 13 heavy (non-hydrogen) atoms. The Morgan fingerprint density at radius 3 is 2.62 bits per heavy atom. The first kappa shape index (κ1) is 8.91. The average Bonchev–Trinajstić information content (AvgIpc) is 2.53. The second-order valence-corrected chi connectivity index (χ2v) is 4.97. The van der Waals surface area contributed by atoms with Crippen molar-refractivity contribution >= 4 is 27.5 Å². The number of rotatable bonds is 2. The van der Waals surface area contributed by atoms with Crippen LogP contribution in [0.2, 0.25) is 0 Å². The van der Waals surface area contributed by atoms with Crippen molar-refractivity contribution in [1.29, 1.82) is 0 Å². The highest BCUT2D eigenvalue weighted by atomic mass is 79.9. The molecule has 0 aliphatic rings. The lowest BCUT2D eigenvalue weighted by Crippen LogP contribution is -1.85. The van der Waals surface area contributed by atoms with Crippen molar-refractivity contribution in [3.05, 3.63) is 51.4 Å². The van der Waals surface area contributed by atoms with Crippen LogP contribution < -0.4 is 0 Å². The Morgan fingerprint density at radius 2 is 2.00 bits per heavy atom. The monoisotopic (exact) mass is 253 g/mol. The summed E-state index contributed by atoms with van der Waals surface area (Å²) in [5, 5.41) is 0. The van der Waals surface area contributed by atoms with E-state index in [0.29, 0.717) is 0 Å². The van der Waals surface area contributed by atoms with Crippen molar-refractivity contribution < 1.29 is 0 Å². The molecule has 2 aromatic rings. The predicted molar refractivity (Wildman–Crippen MR) is 59.1 cm³/mol. The molecule has 0 fully saturated rings. The van der Waals surface area contributed by atoms with Crippen LogP contribution in [0.25, 0.3) is 0 Å². The summed E-state index contributed by atoms with van der Waals surface area (Å²) in [7, 11) is 0. The van der Waals surface area contributed by atoms with Crippen LogP contribution >= 0.6 is 27.5 Å². The summed E-state index contributed by atoms with van der Waals surface area (Å²) in [5.74, 6) is 0. The topological polar surface area (TPSA) is 12.9 Å². The van der Waals surface area contributed by atoms with Crippen molar-refractivity contribution in [2.45, 2.75) is 6.42 Å². The van der Waals surface area contributed by atoms with E-state index in [2.05, 4.69) is 50.6 Å². The van der Waals surface area contributed by atoms with Crippen LogP contribution in [0.15, 0.2) is 40.2 Å². The molecule has 1 heterocycles. The lowest BCUT2D eigenvalue weighted by atomic mass is 10.1. The van der Waals surface area contributed by atoms with Gasteiger partial charge in [0.15, 0.2) is 0 Å². The number of nitrogens with zero attached hydrogens (tertiary/aromatic N) is 1. The first-order chi connectivity index (χ1) is 6.34. The van der Waals surface area contributed by atoms with E-state index in [1.54, 1.807) is 0 Å². The number of hydrogen-bond acceptors (Lipinski definition) is 2. The van der Waals surface area contributed by atoms with Crippen molar-refractivity contribution in [3.63, 3.8) is 0 Å². The van der Waals surface area contributed by atoms with Gasteiger partial charge in [-0.2, -0.15) is 4.37 Å². The minimum Gasteiger partial charge on any atom is -0.196 e. The molecule has 0 unspecified atom stereocenters. The fourth-order valence-electron chi connectivity index (χ4n) is 1.17. The first-order valence-corrected chi connectivity index (χ1v) is 5.56. The number of hydrogen-bond donors (Lipinski definition) is 0. The summed E-state index contributed by atoms with van der Waals surface area (Å²) in [6, 6.07) is 12.4. The van der Waals surface area contributed by atoms with Crippen LogP contribution in [0, 0.1) is 0 Å².